The van der Waals surface area contributed by atoms with Crippen LogP contribution in [0.2, 0.25) is 0 Å². The van der Waals surface area contributed by atoms with Crippen molar-refractivity contribution < 1.29 is 9.59 Å². The largest absolute Gasteiger partial charge is 0.337 e. The Balaban J connectivity index is 1.03. The molecule has 2 amide bonds. The number of carbonyl (C=O) groups is 2. The number of fused-ring (bicyclic) bond motifs is 2. The summed E-state index contributed by atoms with van der Waals surface area (Å²) >= 11 is 0. The zero-order valence-corrected chi connectivity index (χ0v) is 21.3. The second-order valence-electron chi connectivity index (χ2n) is 9.46. The molecule has 10 nitrogen and oxygen atoms in total. The first kappa shape index (κ1) is 23.5. The molecular formula is C30H22N8O2. The number of nitrogens with zero attached hydrogens (tertiary/aromatic N) is 6. The maximum atomic E-state index is 13.3. The first-order valence-electron chi connectivity index (χ1n) is 12.9. The van der Waals surface area contributed by atoms with E-state index in [2.05, 4.69) is 41.4 Å². The average molecular weight is 527 g/mol. The molecule has 7 rings (SSSR count). The lowest BCUT2D eigenvalue weighted by Gasteiger charge is -2.34. The molecule has 0 spiro atoms. The normalized spacial score (nSPS) is 14.1. The highest BCUT2D eigenvalue weighted by Gasteiger charge is 2.27. The minimum Gasteiger partial charge on any atom is -0.337 e. The molecule has 1 fully saturated rings. The summed E-state index contributed by atoms with van der Waals surface area (Å²) in [5.41, 5.74) is 11.0. The van der Waals surface area contributed by atoms with Gasteiger partial charge in [-0.3, -0.25) is 9.59 Å². The molecule has 1 saturated heterocycles. The number of imidazole rings is 2. The molecule has 1 aromatic carbocycles. The molecule has 0 saturated carbocycles. The second-order valence-corrected chi connectivity index (χ2v) is 9.46. The molecule has 40 heavy (non-hydrogen) atoms. The number of carbonyl (C=O) groups excluding carboxylic acids is 2. The number of amides is 2. The standard InChI is InChI=1S/C30H22N8O2/c39-29(25-13-5-11-23(31-25)27-33-19-7-1-2-8-20(19)34-27)37-15-17-38(18-16-37)30(40)26-14-6-12-24(32-26)28-35-21-9-3-4-10-22(21)36-28/h1-2,5-14H,15-18H2,(H,33,34)(H,35,36). The Bertz CT molecular complexity index is 1830. The molecular weight excluding hydrogens is 504 g/mol. The van der Waals surface area contributed by atoms with Gasteiger partial charge in [0.25, 0.3) is 11.8 Å². The number of nitrogens with one attached hydrogen (secondary N) is 2. The van der Waals surface area contributed by atoms with Crippen LogP contribution in [0.3, 0.4) is 0 Å². The fourth-order valence-electron chi connectivity index (χ4n) is 4.85. The molecule has 5 aromatic rings. The summed E-state index contributed by atoms with van der Waals surface area (Å²) in [7, 11) is 0. The fourth-order valence-corrected chi connectivity index (χ4v) is 4.85. The van der Waals surface area contributed by atoms with Gasteiger partial charge in [-0.25, -0.2) is 19.9 Å². The summed E-state index contributed by atoms with van der Waals surface area (Å²) in [4.78, 5) is 54.7. The number of para-hydroxylation sites is 2. The number of pyridine rings is 2. The van der Waals surface area contributed by atoms with Crippen molar-refractivity contribution in [2.75, 3.05) is 26.2 Å². The minimum atomic E-state index is -0.184. The van der Waals surface area contributed by atoms with Crippen LogP contribution in [0, 0.1) is 0 Å². The maximum absolute atomic E-state index is 13.3. The van der Waals surface area contributed by atoms with E-state index >= 15 is 0 Å². The lowest BCUT2D eigenvalue weighted by Crippen LogP contribution is -2.50. The van der Waals surface area contributed by atoms with Crippen LogP contribution in [0.5, 0.6) is 0 Å². The number of benzene rings is 1. The topological polar surface area (TPSA) is 124 Å². The number of H-pyrrole nitrogens is 2. The van der Waals surface area contributed by atoms with E-state index in [0.717, 1.165) is 22.4 Å². The summed E-state index contributed by atoms with van der Waals surface area (Å²) in [5, 5.41) is 0. The number of rotatable bonds is 4. The van der Waals surface area contributed by atoms with Crippen LogP contribution in [0.4, 0.5) is 0 Å². The highest BCUT2D eigenvalue weighted by molar-refractivity contribution is 5.94. The van der Waals surface area contributed by atoms with Gasteiger partial charge in [0.05, 0.1) is 22.4 Å². The summed E-state index contributed by atoms with van der Waals surface area (Å²) in [6, 6.07) is 18.4. The zero-order chi connectivity index (χ0) is 27.1. The number of piperazine rings is 1. The highest BCUT2D eigenvalue weighted by Crippen LogP contribution is 2.22. The van der Waals surface area contributed by atoms with Crippen molar-refractivity contribution in [3.63, 3.8) is 0 Å². The number of hydrogen-bond acceptors (Lipinski definition) is 6. The second kappa shape index (κ2) is 9.63. The lowest BCUT2D eigenvalue weighted by molar-refractivity contribution is 0.0529. The number of hydrogen-bond donors (Lipinski definition) is 2. The van der Waals surface area contributed by atoms with Gasteiger partial charge in [0.1, 0.15) is 22.8 Å². The Labute approximate surface area is 228 Å². The number of aromatic amines is 2. The van der Waals surface area contributed by atoms with Crippen molar-refractivity contribution in [2.24, 2.45) is 0 Å². The fraction of sp³-hybridized carbons (Fsp3) is 0.133. The summed E-state index contributed by atoms with van der Waals surface area (Å²) in [5.74, 6) is 0.826. The van der Waals surface area contributed by atoms with Crippen LogP contribution in [0.25, 0.3) is 46.2 Å². The van der Waals surface area contributed by atoms with Crippen molar-refractivity contribution in [1.82, 2.24) is 39.7 Å². The quantitative estimate of drug-likeness (QED) is 0.337. The monoisotopic (exact) mass is 526 g/mol. The van der Waals surface area contributed by atoms with Crippen LogP contribution >= 0.6 is 0 Å². The Kier molecular flexibility index (Phi) is 5.67. The Morgan fingerprint density at radius 2 is 1.25 bits per heavy atom. The molecule has 4 aromatic heterocycles. The molecule has 2 N–H and O–H groups in total. The van der Waals surface area contributed by atoms with E-state index in [9.17, 15) is 9.59 Å². The minimum absolute atomic E-state index is 0.176. The molecule has 1 aliphatic carbocycles. The maximum Gasteiger partial charge on any atom is 0.272 e. The van der Waals surface area contributed by atoms with E-state index in [1.807, 2.05) is 36.4 Å². The first-order chi connectivity index (χ1) is 19.6. The van der Waals surface area contributed by atoms with Crippen LogP contribution < -0.4 is 0 Å². The Hall–Kier alpha value is -5.56. The van der Waals surface area contributed by atoms with Crippen molar-refractivity contribution in [3.05, 3.63) is 94.9 Å². The van der Waals surface area contributed by atoms with Gasteiger partial charge in [0.2, 0.25) is 0 Å². The van der Waals surface area contributed by atoms with Crippen LogP contribution in [0.15, 0.2) is 72.1 Å². The van der Waals surface area contributed by atoms with Gasteiger partial charge in [0.15, 0.2) is 11.6 Å². The van der Waals surface area contributed by atoms with Gasteiger partial charge in [-0.1, -0.05) is 35.7 Å². The molecule has 0 atom stereocenters. The van der Waals surface area contributed by atoms with E-state index in [0.29, 0.717) is 60.6 Å². The van der Waals surface area contributed by atoms with Crippen molar-refractivity contribution >= 4 is 35.0 Å². The summed E-state index contributed by atoms with van der Waals surface area (Å²) in [6.07, 6.45) is 3.52. The van der Waals surface area contributed by atoms with Gasteiger partial charge in [-0.05, 0) is 36.4 Å². The predicted octanol–water partition coefficient (Wildman–Crippen LogP) is 3.80. The van der Waals surface area contributed by atoms with Crippen LogP contribution in [-0.4, -0.2) is 77.7 Å². The highest BCUT2D eigenvalue weighted by atomic mass is 16.2. The molecule has 194 valence electrons. The predicted molar refractivity (Wildman–Crippen MR) is 149 cm³/mol. The van der Waals surface area contributed by atoms with Crippen LogP contribution in [0.1, 0.15) is 32.4 Å². The van der Waals surface area contributed by atoms with Crippen molar-refractivity contribution in [2.45, 2.75) is 0 Å². The van der Waals surface area contributed by atoms with E-state index in [1.54, 1.807) is 46.2 Å². The third-order valence-electron chi connectivity index (χ3n) is 6.94. The first-order valence-corrected chi connectivity index (χ1v) is 12.9. The van der Waals surface area contributed by atoms with Gasteiger partial charge >= 0.3 is 0 Å². The molecule has 0 radical (unpaired) electrons. The third kappa shape index (κ3) is 4.29. The van der Waals surface area contributed by atoms with E-state index in [-0.39, 0.29) is 11.8 Å². The molecule has 5 heterocycles. The Morgan fingerprint density at radius 1 is 0.650 bits per heavy atom. The molecule has 10 heteroatoms. The lowest BCUT2D eigenvalue weighted by atomic mass is 10.2. The smallest absolute Gasteiger partial charge is 0.272 e. The van der Waals surface area contributed by atoms with Gasteiger partial charge in [-0.2, -0.15) is 0 Å². The zero-order valence-electron chi connectivity index (χ0n) is 21.3. The average Bonchev–Trinajstić information content (AvgIpc) is 3.65. The van der Waals surface area contributed by atoms with E-state index in [1.165, 1.54) is 0 Å². The van der Waals surface area contributed by atoms with Crippen LogP contribution in [-0.2, 0) is 0 Å². The molecule has 2 aliphatic rings. The third-order valence-corrected chi connectivity index (χ3v) is 6.94. The molecule has 0 unspecified atom stereocenters. The van der Waals surface area contributed by atoms with E-state index in [4.69, 9.17) is 0 Å². The number of aromatic nitrogens is 6. The molecule has 1 aliphatic heterocycles. The van der Waals surface area contributed by atoms with E-state index < -0.39 is 0 Å². The van der Waals surface area contributed by atoms with Crippen molar-refractivity contribution in [3.8, 4) is 23.0 Å². The van der Waals surface area contributed by atoms with Gasteiger partial charge < -0.3 is 19.8 Å². The Morgan fingerprint density at radius 3 is 1.88 bits per heavy atom. The van der Waals surface area contributed by atoms with Crippen molar-refractivity contribution in [1.29, 1.82) is 0 Å². The summed E-state index contributed by atoms with van der Waals surface area (Å²) in [6.45, 7) is 1.60. The molecule has 0 bridgehead atoms. The van der Waals surface area contributed by atoms with Gasteiger partial charge in [-0.15, -0.1) is 0 Å². The SMILES string of the molecule is O=C(c1cccc(-c2nc3c([nH]2)C=C=C=C3)n1)N1CCN(C(=O)c2cccc(-c3nc4ccccc4[nH]3)n2)CC1. The summed E-state index contributed by atoms with van der Waals surface area (Å²) < 4.78 is 0. The van der Waals surface area contributed by atoms with Gasteiger partial charge in [0, 0.05) is 38.3 Å².